The van der Waals surface area contributed by atoms with Crippen LogP contribution in [-0.4, -0.2) is 74.3 Å². The summed E-state index contributed by atoms with van der Waals surface area (Å²) in [6, 6.07) is 12.4. The molecular formula is C28H26FN9O. The van der Waals surface area contributed by atoms with Crippen LogP contribution in [0.5, 0.6) is 5.75 Å². The van der Waals surface area contributed by atoms with Crippen molar-refractivity contribution in [2.75, 3.05) is 39.6 Å². The van der Waals surface area contributed by atoms with Crippen LogP contribution in [-0.2, 0) is 0 Å². The number of hydrogen-bond acceptors (Lipinski definition) is 8. The molecule has 0 aliphatic heterocycles. The summed E-state index contributed by atoms with van der Waals surface area (Å²) in [5.74, 6) is 0.823. The number of H-pyrrole nitrogens is 2. The Balaban J connectivity index is 1.40. The fourth-order valence-electron chi connectivity index (χ4n) is 4.41. The molecule has 0 fully saturated rings. The van der Waals surface area contributed by atoms with Crippen molar-refractivity contribution in [2.45, 2.75) is 0 Å². The van der Waals surface area contributed by atoms with Crippen molar-refractivity contribution in [1.82, 2.24) is 40.0 Å². The maximum absolute atomic E-state index is 14.6. The van der Waals surface area contributed by atoms with Gasteiger partial charge in [-0.05, 0) is 56.6 Å². The van der Waals surface area contributed by atoms with Crippen LogP contribution in [0.15, 0.2) is 61.1 Å². The molecule has 1 aromatic carbocycles. The Morgan fingerprint density at radius 2 is 1.82 bits per heavy atom. The van der Waals surface area contributed by atoms with Crippen molar-refractivity contribution in [3.05, 3.63) is 66.9 Å². The molecule has 5 heterocycles. The number of rotatable bonds is 8. The highest BCUT2D eigenvalue weighted by Gasteiger charge is 2.18. The van der Waals surface area contributed by atoms with E-state index in [0.29, 0.717) is 51.8 Å². The summed E-state index contributed by atoms with van der Waals surface area (Å²) in [4.78, 5) is 23.9. The molecule has 0 radical (unpaired) electrons. The van der Waals surface area contributed by atoms with E-state index in [2.05, 4.69) is 35.4 Å². The highest BCUT2D eigenvalue weighted by atomic mass is 19.1. The van der Waals surface area contributed by atoms with Gasteiger partial charge in [-0.1, -0.05) is 0 Å². The van der Waals surface area contributed by atoms with Gasteiger partial charge in [-0.2, -0.15) is 5.10 Å². The van der Waals surface area contributed by atoms with Gasteiger partial charge < -0.3 is 19.9 Å². The van der Waals surface area contributed by atoms with Crippen LogP contribution in [0.4, 0.5) is 10.1 Å². The van der Waals surface area contributed by atoms with Gasteiger partial charge in [0.05, 0.1) is 35.7 Å². The molecule has 0 amide bonds. The van der Waals surface area contributed by atoms with Crippen LogP contribution in [0.3, 0.4) is 0 Å². The Kier molecular flexibility index (Phi) is 6.33. The lowest BCUT2D eigenvalue weighted by Gasteiger charge is -2.12. The normalized spacial score (nSPS) is 11.5. The number of pyridine rings is 3. The maximum Gasteiger partial charge on any atom is 0.161 e. The van der Waals surface area contributed by atoms with Gasteiger partial charge in [0.15, 0.2) is 11.5 Å². The van der Waals surface area contributed by atoms with Crippen molar-refractivity contribution < 1.29 is 9.13 Å². The first kappa shape index (κ1) is 24.4. The second kappa shape index (κ2) is 10.1. The van der Waals surface area contributed by atoms with Gasteiger partial charge in [-0.3, -0.25) is 15.1 Å². The number of aromatic nitrogens is 7. The first-order chi connectivity index (χ1) is 19.0. The van der Waals surface area contributed by atoms with E-state index in [0.717, 1.165) is 28.8 Å². The largest absolute Gasteiger partial charge is 0.495 e. The van der Waals surface area contributed by atoms with Crippen molar-refractivity contribution in [1.29, 1.82) is 0 Å². The summed E-state index contributed by atoms with van der Waals surface area (Å²) in [6.07, 6.45) is 5.06. The van der Waals surface area contributed by atoms with E-state index in [4.69, 9.17) is 14.7 Å². The standard InChI is InChI=1S/C28H26FN9O/c1-38(2)9-8-31-19-11-16(10-18(29)13-19)24-25-22(6-7-32-24)34-28(35-25)27-26-23(36-37-27)5-4-21(33-26)17-12-20(39-3)15-30-14-17/h4-7,10-15,31H,8-9H2,1-3H3,(H,34,35)(H,36,37). The Hall–Kier alpha value is -4.90. The third-order valence-corrected chi connectivity index (χ3v) is 6.34. The lowest BCUT2D eigenvalue weighted by Crippen LogP contribution is -2.20. The van der Waals surface area contributed by atoms with Crippen molar-refractivity contribution in [3.8, 4) is 39.8 Å². The van der Waals surface area contributed by atoms with Crippen LogP contribution in [0.1, 0.15) is 0 Å². The van der Waals surface area contributed by atoms with E-state index in [1.165, 1.54) is 12.1 Å². The van der Waals surface area contributed by atoms with Crippen molar-refractivity contribution in [3.63, 3.8) is 0 Å². The number of aromatic amines is 2. The molecule has 0 unspecified atom stereocenters. The molecule has 3 N–H and O–H groups in total. The van der Waals surface area contributed by atoms with Gasteiger partial charge in [0.25, 0.3) is 0 Å². The maximum atomic E-state index is 14.6. The lowest BCUT2D eigenvalue weighted by molar-refractivity contribution is 0.413. The number of imidazole rings is 1. The van der Waals surface area contributed by atoms with Crippen LogP contribution in [0.2, 0.25) is 0 Å². The highest BCUT2D eigenvalue weighted by Crippen LogP contribution is 2.32. The molecule has 39 heavy (non-hydrogen) atoms. The summed E-state index contributed by atoms with van der Waals surface area (Å²) < 4.78 is 19.9. The zero-order valence-electron chi connectivity index (χ0n) is 21.7. The molecular weight excluding hydrogens is 497 g/mol. The van der Waals surface area contributed by atoms with Gasteiger partial charge in [-0.25, -0.2) is 14.4 Å². The predicted molar refractivity (Wildman–Crippen MR) is 149 cm³/mol. The van der Waals surface area contributed by atoms with E-state index in [-0.39, 0.29) is 5.82 Å². The van der Waals surface area contributed by atoms with E-state index < -0.39 is 0 Å². The first-order valence-corrected chi connectivity index (χ1v) is 12.4. The van der Waals surface area contributed by atoms with Crippen LogP contribution in [0.25, 0.3) is 56.1 Å². The number of nitrogens with zero attached hydrogens (tertiary/aromatic N) is 6. The third kappa shape index (κ3) is 4.87. The molecule has 11 heteroatoms. The number of benzene rings is 1. The Morgan fingerprint density at radius 3 is 2.67 bits per heavy atom. The summed E-state index contributed by atoms with van der Waals surface area (Å²) >= 11 is 0. The summed E-state index contributed by atoms with van der Waals surface area (Å²) in [7, 11) is 5.59. The molecule has 0 bridgehead atoms. The molecule has 196 valence electrons. The second-order valence-electron chi connectivity index (χ2n) is 9.38. The quantitative estimate of drug-likeness (QED) is 0.262. The number of hydrogen-bond donors (Lipinski definition) is 3. The monoisotopic (exact) mass is 523 g/mol. The Bertz CT molecular complexity index is 1790. The highest BCUT2D eigenvalue weighted by molar-refractivity contribution is 5.95. The molecule has 0 saturated heterocycles. The second-order valence-corrected chi connectivity index (χ2v) is 9.38. The predicted octanol–water partition coefficient (Wildman–Crippen LogP) is 4.75. The molecule has 10 nitrogen and oxygen atoms in total. The molecule has 6 rings (SSSR count). The first-order valence-electron chi connectivity index (χ1n) is 12.4. The Labute approximate surface area is 223 Å². The van der Waals surface area contributed by atoms with Gasteiger partial charge in [0.1, 0.15) is 22.6 Å². The van der Waals surface area contributed by atoms with Crippen molar-refractivity contribution >= 4 is 27.8 Å². The van der Waals surface area contributed by atoms with Gasteiger partial charge in [0.2, 0.25) is 0 Å². The number of ether oxygens (including phenoxy) is 1. The molecule has 0 saturated carbocycles. The molecule has 0 aliphatic rings. The topological polar surface area (TPSA) is 121 Å². The number of halogens is 1. The lowest BCUT2D eigenvalue weighted by atomic mass is 10.1. The number of methoxy groups -OCH3 is 1. The van der Waals surface area contributed by atoms with Gasteiger partial charge in [0, 0.05) is 42.3 Å². The fourth-order valence-corrected chi connectivity index (χ4v) is 4.41. The summed E-state index contributed by atoms with van der Waals surface area (Å²) in [6.45, 7) is 1.51. The minimum Gasteiger partial charge on any atom is -0.495 e. The molecule has 0 atom stereocenters. The number of anilines is 1. The van der Waals surface area contributed by atoms with E-state index in [9.17, 15) is 4.39 Å². The summed E-state index contributed by atoms with van der Waals surface area (Å²) in [5, 5.41) is 10.8. The number of fused-ring (bicyclic) bond motifs is 2. The number of likely N-dealkylation sites (N-methyl/N-ethyl adjacent to an activating group) is 1. The number of nitrogens with one attached hydrogen (secondary N) is 3. The van der Waals surface area contributed by atoms with E-state index in [1.54, 1.807) is 25.7 Å². The molecule has 0 spiro atoms. The van der Waals surface area contributed by atoms with E-state index >= 15 is 0 Å². The molecule has 0 aliphatic carbocycles. The molecule has 6 aromatic rings. The SMILES string of the molecule is COc1cncc(-c2ccc3[nH]nc(-c4nc5c(-c6cc(F)cc(NCCN(C)C)c6)nccc5[nH]4)c3n2)c1. The van der Waals surface area contributed by atoms with Gasteiger partial charge >= 0.3 is 0 Å². The minimum atomic E-state index is -0.350. The zero-order valence-corrected chi connectivity index (χ0v) is 21.7. The Morgan fingerprint density at radius 1 is 0.949 bits per heavy atom. The van der Waals surface area contributed by atoms with Crippen LogP contribution < -0.4 is 10.1 Å². The average Bonchev–Trinajstić information content (AvgIpc) is 3.56. The minimum absolute atomic E-state index is 0.350. The van der Waals surface area contributed by atoms with Crippen LogP contribution in [0, 0.1) is 5.82 Å². The smallest absolute Gasteiger partial charge is 0.161 e. The molecule has 5 aromatic heterocycles. The van der Waals surface area contributed by atoms with Crippen LogP contribution >= 0.6 is 0 Å². The fraction of sp³-hybridized carbons (Fsp3) is 0.179. The van der Waals surface area contributed by atoms with E-state index in [1.807, 2.05) is 44.4 Å². The summed E-state index contributed by atoms with van der Waals surface area (Å²) in [5.41, 5.74) is 6.78. The zero-order chi connectivity index (χ0) is 26.9. The van der Waals surface area contributed by atoms with Crippen molar-refractivity contribution in [2.24, 2.45) is 0 Å². The average molecular weight is 524 g/mol. The third-order valence-electron chi connectivity index (χ3n) is 6.34. The van der Waals surface area contributed by atoms with Gasteiger partial charge in [-0.15, -0.1) is 0 Å².